The summed E-state index contributed by atoms with van der Waals surface area (Å²) in [5, 5.41) is 3.21. The Kier molecular flexibility index (Phi) is 8.54. The molecule has 0 radical (unpaired) electrons. The molecular formula is C12H18Cl2N2O2. The fourth-order valence-electron chi connectivity index (χ4n) is 1.20. The van der Waals surface area contributed by atoms with Gasteiger partial charge in [-0.25, -0.2) is 0 Å². The lowest BCUT2D eigenvalue weighted by Crippen LogP contribution is -2.32. The van der Waals surface area contributed by atoms with E-state index in [-0.39, 0.29) is 31.0 Å². The van der Waals surface area contributed by atoms with Crippen molar-refractivity contribution in [2.45, 2.75) is 19.4 Å². The zero-order chi connectivity index (χ0) is 12.7. The molecule has 1 rings (SSSR count). The van der Waals surface area contributed by atoms with Crippen molar-refractivity contribution in [3.63, 3.8) is 0 Å². The van der Waals surface area contributed by atoms with E-state index in [0.717, 1.165) is 6.42 Å². The smallest absolute Gasteiger partial charge is 0.257 e. The lowest BCUT2D eigenvalue weighted by Gasteiger charge is -2.09. The fraction of sp³-hybridized carbons (Fsp3) is 0.417. The number of halogens is 2. The predicted octanol–water partition coefficient (Wildman–Crippen LogP) is 1.99. The van der Waals surface area contributed by atoms with Crippen LogP contribution in [0.4, 0.5) is 0 Å². The van der Waals surface area contributed by atoms with Gasteiger partial charge in [-0.1, -0.05) is 23.7 Å². The van der Waals surface area contributed by atoms with Gasteiger partial charge in [0.2, 0.25) is 0 Å². The summed E-state index contributed by atoms with van der Waals surface area (Å²) in [6.07, 6.45) is 0.748. The fourth-order valence-corrected chi connectivity index (χ4v) is 1.39. The molecular weight excluding hydrogens is 275 g/mol. The van der Waals surface area contributed by atoms with Crippen LogP contribution in [0, 0.1) is 0 Å². The zero-order valence-electron chi connectivity index (χ0n) is 10.2. The van der Waals surface area contributed by atoms with E-state index >= 15 is 0 Å². The van der Waals surface area contributed by atoms with Crippen LogP contribution in [0.25, 0.3) is 0 Å². The van der Waals surface area contributed by atoms with Crippen molar-refractivity contribution in [1.29, 1.82) is 0 Å². The number of rotatable bonds is 6. The van der Waals surface area contributed by atoms with E-state index in [1.54, 1.807) is 24.3 Å². The molecule has 3 N–H and O–H groups in total. The van der Waals surface area contributed by atoms with E-state index in [0.29, 0.717) is 17.3 Å². The summed E-state index contributed by atoms with van der Waals surface area (Å²) < 4.78 is 5.28. The van der Waals surface area contributed by atoms with Crippen molar-refractivity contribution in [3.05, 3.63) is 29.3 Å². The Balaban J connectivity index is 0.00000289. The summed E-state index contributed by atoms with van der Waals surface area (Å²) in [7, 11) is 0. The average molecular weight is 293 g/mol. The van der Waals surface area contributed by atoms with E-state index in [1.807, 2.05) is 6.92 Å². The summed E-state index contributed by atoms with van der Waals surface area (Å²) in [5.74, 6) is 0.335. The Bertz CT molecular complexity index is 373. The van der Waals surface area contributed by atoms with Gasteiger partial charge >= 0.3 is 0 Å². The van der Waals surface area contributed by atoms with Crippen LogP contribution in [0.2, 0.25) is 5.02 Å². The van der Waals surface area contributed by atoms with Crippen LogP contribution in [0.3, 0.4) is 0 Å². The van der Waals surface area contributed by atoms with Crippen LogP contribution in [0.15, 0.2) is 24.3 Å². The molecule has 1 amide bonds. The topological polar surface area (TPSA) is 64.3 Å². The predicted molar refractivity (Wildman–Crippen MR) is 75.5 cm³/mol. The molecule has 0 aliphatic rings. The summed E-state index contributed by atoms with van der Waals surface area (Å²) >= 11 is 5.88. The molecule has 0 aromatic heterocycles. The van der Waals surface area contributed by atoms with Crippen molar-refractivity contribution in [1.82, 2.24) is 5.32 Å². The lowest BCUT2D eigenvalue weighted by molar-refractivity contribution is -0.123. The van der Waals surface area contributed by atoms with Crippen molar-refractivity contribution < 1.29 is 9.53 Å². The second-order valence-electron chi connectivity index (χ2n) is 3.84. The highest BCUT2D eigenvalue weighted by molar-refractivity contribution is 6.32. The molecule has 0 fully saturated rings. The van der Waals surface area contributed by atoms with Crippen molar-refractivity contribution >= 4 is 29.9 Å². The summed E-state index contributed by atoms with van der Waals surface area (Å²) in [5.41, 5.74) is 5.56. The standard InChI is InChI=1S/C12H17ClN2O2.ClH/c1-9(14)6-7-15-12(16)8-17-11-5-3-2-4-10(11)13;/h2-5,9H,6-8,14H2,1H3,(H,15,16);1H. The molecule has 0 spiro atoms. The maximum absolute atomic E-state index is 11.4. The van der Waals surface area contributed by atoms with Gasteiger partial charge in [-0.2, -0.15) is 0 Å². The van der Waals surface area contributed by atoms with Crippen LogP contribution >= 0.6 is 24.0 Å². The molecule has 0 bridgehead atoms. The van der Waals surface area contributed by atoms with Crippen LogP contribution < -0.4 is 15.8 Å². The van der Waals surface area contributed by atoms with E-state index in [9.17, 15) is 4.79 Å². The molecule has 1 aromatic rings. The van der Waals surface area contributed by atoms with Crippen molar-refractivity contribution in [2.75, 3.05) is 13.2 Å². The van der Waals surface area contributed by atoms with Gasteiger partial charge in [0.15, 0.2) is 6.61 Å². The summed E-state index contributed by atoms with van der Waals surface area (Å²) in [6.45, 7) is 2.41. The van der Waals surface area contributed by atoms with Crippen LogP contribution in [-0.4, -0.2) is 25.1 Å². The molecule has 1 aromatic carbocycles. The monoisotopic (exact) mass is 292 g/mol. The zero-order valence-corrected chi connectivity index (χ0v) is 11.8. The molecule has 0 aliphatic heterocycles. The Hall–Kier alpha value is -0.970. The Morgan fingerprint density at radius 1 is 1.50 bits per heavy atom. The van der Waals surface area contributed by atoms with Gasteiger partial charge in [0.05, 0.1) is 5.02 Å². The number of carbonyl (C=O) groups excluding carboxylic acids is 1. The first-order valence-corrected chi connectivity index (χ1v) is 5.87. The van der Waals surface area contributed by atoms with Crippen LogP contribution in [0.1, 0.15) is 13.3 Å². The second-order valence-corrected chi connectivity index (χ2v) is 4.24. The highest BCUT2D eigenvalue weighted by Gasteiger charge is 2.05. The van der Waals surface area contributed by atoms with Gasteiger partial charge in [0, 0.05) is 12.6 Å². The quantitative estimate of drug-likeness (QED) is 0.843. The number of para-hydroxylation sites is 1. The second kappa shape index (κ2) is 9.03. The molecule has 18 heavy (non-hydrogen) atoms. The molecule has 4 nitrogen and oxygen atoms in total. The van der Waals surface area contributed by atoms with Gasteiger partial charge in [-0.05, 0) is 25.5 Å². The summed E-state index contributed by atoms with van der Waals surface area (Å²) in [4.78, 5) is 11.4. The largest absolute Gasteiger partial charge is 0.482 e. The number of amides is 1. The number of carbonyl (C=O) groups is 1. The number of ether oxygens (including phenoxy) is 1. The van der Waals surface area contributed by atoms with Crippen molar-refractivity contribution in [2.24, 2.45) is 5.73 Å². The molecule has 0 heterocycles. The third kappa shape index (κ3) is 6.69. The van der Waals surface area contributed by atoms with E-state index < -0.39 is 0 Å². The van der Waals surface area contributed by atoms with Crippen LogP contribution in [0.5, 0.6) is 5.75 Å². The molecule has 1 unspecified atom stereocenters. The molecule has 1 atom stereocenters. The number of hydrogen-bond donors (Lipinski definition) is 2. The third-order valence-electron chi connectivity index (χ3n) is 2.12. The lowest BCUT2D eigenvalue weighted by atomic mass is 10.2. The molecule has 0 aliphatic carbocycles. The highest BCUT2D eigenvalue weighted by Crippen LogP contribution is 2.22. The minimum absolute atomic E-state index is 0. The van der Waals surface area contributed by atoms with Crippen molar-refractivity contribution in [3.8, 4) is 5.75 Å². The van der Waals surface area contributed by atoms with Gasteiger partial charge in [0.1, 0.15) is 5.75 Å². The van der Waals surface area contributed by atoms with Gasteiger partial charge in [0.25, 0.3) is 5.91 Å². The summed E-state index contributed by atoms with van der Waals surface area (Å²) in [6, 6.07) is 7.12. The normalized spacial score (nSPS) is 11.3. The molecule has 6 heteroatoms. The van der Waals surface area contributed by atoms with Gasteiger partial charge in [-0.3, -0.25) is 4.79 Å². The minimum Gasteiger partial charge on any atom is -0.482 e. The third-order valence-corrected chi connectivity index (χ3v) is 2.43. The maximum atomic E-state index is 11.4. The molecule has 0 saturated heterocycles. The average Bonchev–Trinajstić information content (AvgIpc) is 2.27. The van der Waals surface area contributed by atoms with Crippen LogP contribution in [-0.2, 0) is 4.79 Å². The van der Waals surface area contributed by atoms with E-state index in [1.165, 1.54) is 0 Å². The molecule has 0 saturated carbocycles. The number of nitrogens with one attached hydrogen (secondary N) is 1. The van der Waals surface area contributed by atoms with E-state index in [4.69, 9.17) is 22.1 Å². The number of hydrogen-bond acceptors (Lipinski definition) is 3. The highest BCUT2D eigenvalue weighted by atomic mass is 35.5. The molecule has 102 valence electrons. The number of benzene rings is 1. The number of nitrogens with two attached hydrogens (primary N) is 1. The maximum Gasteiger partial charge on any atom is 0.257 e. The minimum atomic E-state index is -0.175. The Labute approximate surface area is 118 Å². The van der Waals surface area contributed by atoms with Gasteiger partial charge < -0.3 is 15.8 Å². The van der Waals surface area contributed by atoms with E-state index in [2.05, 4.69) is 5.32 Å². The Morgan fingerprint density at radius 3 is 2.78 bits per heavy atom. The first-order chi connectivity index (χ1) is 8.09. The first kappa shape index (κ1) is 17.0. The first-order valence-electron chi connectivity index (χ1n) is 5.49. The van der Waals surface area contributed by atoms with Gasteiger partial charge in [-0.15, -0.1) is 12.4 Å². The SMILES string of the molecule is CC(N)CCNC(=O)COc1ccccc1Cl.Cl. The Morgan fingerprint density at radius 2 is 2.17 bits per heavy atom.